The van der Waals surface area contributed by atoms with Gasteiger partial charge in [0.2, 0.25) is 0 Å². The fraction of sp³-hybridized carbons (Fsp3) is 0.583. The van der Waals surface area contributed by atoms with Crippen LogP contribution in [-0.2, 0) is 4.79 Å². The van der Waals surface area contributed by atoms with Crippen LogP contribution in [0.15, 0.2) is 6.07 Å². The van der Waals surface area contributed by atoms with Gasteiger partial charge in [0.1, 0.15) is 11.9 Å². The predicted molar refractivity (Wildman–Crippen MR) is 59.4 cm³/mol. The monoisotopic (exact) mass is 220 g/mol. The molecule has 0 aromatic carbocycles. The number of ether oxygens (including phenoxy) is 1. The Morgan fingerprint density at radius 1 is 1.19 bits per heavy atom. The van der Waals surface area contributed by atoms with E-state index in [0.717, 1.165) is 24.2 Å². The van der Waals surface area contributed by atoms with Crippen LogP contribution >= 0.6 is 0 Å². The molecule has 86 valence electrons. The molecule has 0 aliphatic heterocycles. The lowest BCUT2D eigenvalue weighted by molar-refractivity contribution is -0.121. The van der Waals surface area contributed by atoms with E-state index in [-0.39, 0.29) is 6.10 Å². The van der Waals surface area contributed by atoms with Gasteiger partial charge in [-0.05, 0) is 32.8 Å². The lowest BCUT2D eigenvalue weighted by atomic mass is 9.97. The molecule has 4 heteroatoms. The highest BCUT2D eigenvalue weighted by molar-refractivity contribution is 5.79. The number of rotatable bonds is 2. The van der Waals surface area contributed by atoms with Crippen molar-refractivity contribution >= 4 is 5.78 Å². The molecule has 1 heterocycles. The summed E-state index contributed by atoms with van der Waals surface area (Å²) in [6, 6.07) is 2.36. The molecule has 0 unspecified atom stereocenters. The van der Waals surface area contributed by atoms with E-state index in [2.05, 4.69) is 9.97 Å². The van der Waals surface area contributed by atoms with Gasteiger partial charge in [-0.25, -0.2) is 9.97 Å². The zero-order valence-corrected chi connectivity index (χ0v) is 9.69. The number of Topliss-reactive ketones (excluding diaryl/α,β-unsaturated/α-hetero) is 1. The number of aromatic nitrogens is 2. The zero-order valence-electron chi connectivity index (χ0n) is 9.69. The van der Waals surface area contributed by atoms with Gasteiger partial charge in [-0.15, -0.1) is 0 Å². The van der Waals surface area contributed by atoms with Crippen molar-refractivity contribution in [2.75, 3.05) is 0 Å². The third kappa shape index (κ3) is 2.78. The molecule has 2 rings (SSSR count). The first-order valence-corrected chi connectivity index (χ1v) is 5.64. The topological polar surface area (TPSA) is 52.1 Å². The van der Waals surface area contributed by atoms with Gasteiger partial charge in [0.25, 0.3) is 0 Å². The number of carbonyl (C=O) groups excluding carboxylic acids is 1. The molecule has 1 aromatic rings. The molecular weight excluding hydrogens is 204 g/mol. The van der Waals surface area contributed by atoms with E-state index < -0.39 is 0 Å². The molecular formula is C12H16N2O2. The predicted octanol–water partition coefficient (Wildman–Crippen LogP) is 1.98. The van der Waals surface area contributed by atoms with Gasteiger partial charge < -0.3 is 4.74 Å². The lowest BCUT2D eigenvalue weighted by Crippen LogP contribution is -2.24. The molecule has 0 bridgehead atoms. The number of ketones is 1. The maximum atomic E-state index is 11.1. The molecule has 1 aliphatic carbocycles. The van der Waals surface area contributed by atoms with Crippen LogP contribution in [0.2, 0.25) is 0 Å². The molecule has 1 fully saturated rings. The fourth-order valence-corrected chi connectivity index (χ4v) is 1.93. The molecule has 4 nitrogen and oxygen atoms in total. The van der Waals surface area contributed by atoms with Crippen molar-refractivity contribution in [2.24, 2.45) is 0 Å². The summed E-state index contributed by atoms with van der Waals surface area (Å²) in [7, 11) is 0. The summed E-state index contributed by atoms with van der Waals surface area (Å²) < 4.78 is 5.69. The Labute approximate surface area is 95.1 Å². The van der Waals surface area contributed by atoms with E-state index in [1.165, 1.54) is 0 Å². The molecule has 0 radical (unpaired) electrons. The van der Waals surface area contributed by atoms with Crippen molar-refractivity contribution in [1.29, 1.82) is 0 Å². The average Bonchev–Trinajstić information content (AvgIpc) is 2.20. The summed E-state index contributed by atoms with van der Waals surface area (Å²) in [6.45, 7) is 3.85. The molecule has 0 saturated heterocycles. The van der Waals surface area contributed by atoms with Crippen molar-refractivity contribution in [1.82, 2.24) is 9.97 Å². The summed E-state index contributed by atoms with van der Waals surface area (Å²) in [5, 5.41) is 0. The van der Waals surface area contributed by atoms with Crippen molar-refractivity contribution in [3.63, 3.8) is 0 Å². The number of aryl methyl sites for hydroxylation is 2. The highest BCUT2D eigenvalue weighted by Gasteiger charge is 2.20. The van der Waals surface area contributed by atoms with Gasteiger partial charge in [0, 0.05) is 24.2 Å². The van der Waals surface area contributed by atoms with E-state index in [9.17, 15) is 4.79 Å². The van der Waals surface area contributed by atoms with Gasteiger partial charge >= 0.3 is 6.01 Å². The van der Waals surface area contributed by atoms with Crippen LogP contribution in [0.25, 0.3) is 0 Å². The minimum Gasteiger partial charge on any atom is -0.460 e. The van der Waals surface area contributed by atoms with Crippen LogP contribution in [0.4, 0.5) is 0 Å². The van der Waals surface area contributed by atoms with E-state index in [4.69, 9.17) is 4.74 Å². The summed E-state index contributed by atoms with van der Waals surface area (Å²) in [5.74, 6) is 0.334. The Morgan fingerprint density at radius 2 is 1.75 bits per heavy atom. The molecule has 1 saturated carbocycles. The third-order valence-electron chi connectivity index (χ3n) is 2.72. The van der Waals surface area contributed by atoms with Crippen LogP contribution in [-0.4, -0.2) is 21.9 Å². The molecule has 1 aliphatic rings. The van der Waals surface area contributed by atoms with Crippen LogP contribution in [0, 0.1) is 13.8 Å². The Bertz CT molecular complexity index is 374. The number of hydrogen-bond acceptors (Lipinski definition) is 4. The summed E-state index contributed by atoms with van der Waals surface area (Å²) >= 11 is 0. The highest BCUT2D eigenvalue weighted by Crippen LogP contribution is 2.19. The minimum atomic E-state index is 0.0962. The second-order valence-corrected chi connectivity index (χ2v) is 4.29. The van der Waals surface area contributed by atoms with E-state index in [1.54, 1.807) is 0 Å². The van der Waals surface area contributed by atoms with Crippen LogP contribution < -0.4 is 4.74 Å². The first kappa shape index (κ1) is 11.0. The van der Waals surface area contributed by atoms with Crippen molar-refractivity contribution in [3.05, 3.63) is 17.5 Å². The first-order chi connectivity index (χ1) is 7.63. The maximum absolute atomic E-state index is 11.1. The SMILES string of the molecule is Cc1cc(C)nc(OC2CCC(=O)CC2)n1. The molecule has 1 aromatic heterocycles. The van der Waals surface area contributed by atoms with Crippen LogP contribution in [0.3, 0.4) is 0 Å². The molecule has 16 heavy (non-hydrogen) atoms. The van der Waals surface area contributed by atoms with Crippen LogP contribution in [0.5, 0.6) is 6.01 Å². The number of nitrogens with zero attached hydrogens (tertiary/aromatic N) is 2. The summed E-state index contributed by atoms with van der Waals surface area (Å²) in [6.07, 6.45) is 2.91. The zero-order chi connectivity index (χ0) is 11.5. The van der Waals surface area contributed by atoms with Gasteiger partial charge in [0.05, 0.1) is 0 Å². The smallest absolute Gasteiger partial charge is 0.317 e. The van der Waals surface area contributed by atoms with Gasteiger partial charge in [-0.3, -0.25) is 4.79 Å². The third-order valence-corrected chi connectivity index (χ3v) is 2.72. The Kier molecular flexibility index (Phi) is 3.17. The average molecular weight is 220 g/mol. The Morgan fingerprint density at radius 3 is 2.31 bits per heavy atom. The highest BCUT2D eigenvalue weighted by atomic mass is 16.5. The molecule has 0 amide bonds. The van der Waals surface area contributed by atoms with Crippen molar-refractivity contribution in [2.45, 2.75) is 45.6 Å². The number of hydrogen-bond donors (Lipinski definition) is 0. The van der Waals surface area contributed by atoms with Crippen molar-refractivity contribution < 1.29 is 9.53 Å². The second-order valence-electron chi connectivity index (χ2n) is 4.29. The maximum Gasteiger partial charge on any atom is 0.317 e. The van der Waals surface area contributed by atoms with Gasteiger partial charge in [0.15, 0.2) is 0 Å². The first-order valence-electron chi connectivity index (χ1n) is 5.64. The molecule has 0 N–H and O–H groups in total. The standard InChI is InChI=1S/C12H16N2O2/c1-8-7-9(2)14-12(13-8)16-11-5-3-10(15)4-6-11/h7,11H,3-6H2,1-2H3. The Balaban J connectivity index is 2.00. The molecule has 0 spiro atoms. The number of carbonyl (C=O) groups is 1. The normalized spacial score (nSPS) is 17.5. The lowest BCUT2D eigenvalue weighted by Gasteiger charge is -2.21. The molecule has 0 atom stereocenters. The van der Waals surface area contributed by atoms with E-state index in [0.29, 0.717) is 24.6 Å². The van der Waals surface area contributed by atoms with Crippen LogP contribution in [0.1, 0.15) is 37.1 Å². The van der Waals surface area contributed by atoms with Gasteiger partial charge in [-0.1, -0.05) is 0 Å². The largest absolute Gasteiger partial charge is 0.460 e. The minimum absolute atomic E-state index is 0.0962. The van der Waals surface area contributed by atoms with E-state index >= 15 is 0 Å². The van der Waals surface area contributed by atoms with E-state index in [1.807, 2.05) is 19.9 Å². The fourth-order valence-electron chi connectivity index (χ4n) is 1.93. The summed E-state index contributed by atoms with van der Waals surface area (Å²) in [4.78, 5) is 19.5. The Hall–Kier alpha value is -1.45. The summed E-state index contributed by atoms with van der Waals surface area (Å²) in [5.41, 5.74) is 1.82. The van der Waals surface area contributed by atoms with Crippen molar-refractivity contribution in [3.8, 4) is 6.01 Å². The quantitative estimate of drug-likeness (QED) is 0.764. The second kappa shape index (κ2) is 4.60. The van der Waals surface area contributed by atoms with Gasteiger partial charge in [-0.2, -0.15) is 0 Å².